The van der Waals surface area contributed by atoms with Gasteiger partial charge in [-0.2, -0.15) is 0 Å². The van der Waals surface area contributed by atoms with Gasteiger partial charge in [-0.15, -0.1) is 0 Å². The summed E-state index contributed by atoms with van der Waals surface area (Å²) in [5, 5.41) is 0. The van der Waals surface area contributed by atoms with Crippen molar-refractivity contribution in [2.45, 2.75) is 45.2 Å². The third-order valence-electron chi connectivity index (χ3n) is 5.39. The highest BCUT2D eigenvalue weighted by Gasteiger charge is 2.36. The molecule has 3 atom stereocenters. The lowest BCUT2D eigenvalue weighted by molar-refractivity contribution is -0.136. The van der Waals surface area contributed by atoms with Gasteiger partial charge in [0.05, 0.1) is 6.04 Å². The molecule has 2 aromatic rings. The highest BCUT2D eigenvalue weighted by Crippen LogP contribution is 2.26. The number of nitrogens with zero attached hydrogens (tertiary/aromatic N) is 1. The Labute approximate surface area is 150 Å². The summed E-state index contributed by atoms with van der Waals surface area (Å²) < 4.78 is 0. The molecule has 0 radical (unpaired) electrons. The number of benzene rings is 2. The predicted molar refractivity (Wildman–Crippen MR) is 103 cm³/mol. The van der Waals surface area contributed by atoms with Gasteiger partial charge in [-0.25, -0.2) is 0 Å². The largest absolute Gasteiger partial charge is 0.338 e. The molecule has 0 saturated carbocycles. The van der Waals surface area contributed by atoms with E-state index in [-0.39, 0.29) is 23.9 Å². The third-order valence-corrected chi connectivity index (χ3v) is 5.39. The van der Waals surface area contributed by atoms with Gasteiger partial charge in [0.2, 0.25) is 5.91 Å². The van der Waals surface area contributed by atoms with Crippen molar-refractivity contribution >= 4 is 5.91 Å². The van der Waals surface area contributed by atoms with Crippen LogP contribution in [0.15, 0.2) is 54.6 Å². The van der Waals surface area contributed by atoms with E-state index in [1.54, 1.807) is 0 Å². The number of carbonyl (C=O) groups excluding carboxylic acids is 1. The molecule has 2 aromatic carbocycles. The van der Waals surface area contributed by atoms with Crippen molar-refractivity contribution in [3.63, 3.8) is 0 Å². The van der Waals surface area contributed by atoms with Crippen molar-refractivity contribution in [3.8, 4) is 11.1 Å². The molecular weight excluding hydrogens is 308 g/mol. The number of hydrogen-bond acceptors (Lipinski definition) is 2. The first-order valence-electron chi connectivity index (χ1n) is 9.30. The lowest BCUT2D eigenvalue weighted by Crippen LogP contribution is -2.45. The van der Waals surface area contributed by atoms with Crippen LogP contribution in [-0.4, -0.2) is 29.4 Å². The normalized spacial score (nSPS) is 21.3. The Hall–Kier alpha value is -2.13. The van der Waals surface area contributed by atoms with E-state index in [1.807, 2.05) is 17.9 Å². The van der Waals surface area contributed by atoms with Crippen LogP contribution in [0, 0.1) is 5.92 Å². The molecule has 0 aliphatic carbocycles. The molecule has 1 saturated heterocycles. The van der Waals surface area contributed by atoms with Crippen LogP contribution in [0.3, 0.4) is 0 Å². The topological polar surface area (TPSA) is 46.3 Å². The molecule has 3 nitrogen and oxygen atoms in total. The summed E-state index contributed by atoms with van der Waals surface area (Å²) in [6, 6.07) is 19.2. The van der Waals surface area contributed by atoms with Crippen LogP contribution in [0.4, 0.5) is 0 Å². The Morgan fingerprint density at radius 2 is 1.88 bits per heavy atom. The van der Waals surface area contributed by atoms with Gasteiger partial charge in [0, 0.05) is 18.5 Å². The van der Waals surface area contributed by atoms with Crippen molar-refractivity contribution in [2.24, 2.45) is 11.7 Å². The maximum Gasteiger partial charge on any atom is 0.225 e. The fourth-order valence-electron chi connectivity index (χ4n) is 3.62. The molecule has 1 amide bonds. The molecule has 1 aliphatic heterocycles. The summed E-state index contributed by atoms with van der Waals surface area (Å²) in [5.41, 5.74) is 10.0. The Balaban J connectivity index is 1.79. The van der Waals surface area contributed by atoms with Crippen LogP contribution in [-0.2, 0) is 11.2 Å². The van der Waals surface area contributed by atoms with Gasteiger partial charge in [-0.05, 0) is 36.0 Å². The molecule has 3 rings (SSSR count). The smallest absolute Gasteiger partial charge is 0.225 e. The SMILES string of the molecule is CC[C@H](C)C(=O)N1CCC(N)C1Cc1cccc(-c2ccccc2)c1. The summed E-state index contributed by atoms with van der Waals surface area (Å²) >= 11 is 0. The number of carbonyl (C=O) groups is 1. The van der Waals surface area contributed by atoms with Gasteiger partial charge in [-0.1, -0.05) is 68.4 Å². The molecule has 1 heterocycles. The summed E-state index contributed by atoms with van der Waals surface area (Å²) in [5.74, 6) is 0.322. The minimum atomic E-state index is 0.0633. The fraction of sp³-hybridized carbons (Fsp3) is 0.409. The first-order valence-corrected chi connectivity index (χ1v) is 9.30. The second-order valence-electron chi connectivity index (χ2n) is 7.13. The molecular formula is C22H28N2O. The van der Waals surface area contributed by atoms with E-state index in [0.29, 0.717) is 0 Å². The minimum absolute atomic E-state index is 0.0633. The Morgan fingerprint density at radius 3 is 2.60 bits per heavy atom. The molecule has 3 heteroatoms. The van der Waals surface area contributed by atoms with E-state index in [0.717, 1.165) is 25.8 Å². The first-order chi connectivity index (χ1) is 12.1. The van der Waals surface area contributed by atoms with Crippen molar-refractivity contribution < 1.29 is 4.79 Å². The zero-order valence-corrected chi connectivity index (χ0v) is 15.2. The van der Waals surface area contributed by atoms with E-state index in [9.17, 15) is 4.79 Å². The zero-order chi connectivity index (χ0) is 17.8. The Bertz CT molecular complexity index is 713. The number of likely N-dealkylation sites (tertiary alicyclic amines) is 1. The molecule has 0 aromatic heterocycles. The number of nitrogens with two attached hydrogens (primary N) is 1. The summed E-state index contributed by atoms with van der Waals surface area (Å²) in [4.78, 5) is 14.7. The van der Waals surface area contributed by atoms with E-state index in [1.165, 1.54) is 16.7 Å². The lowest BCUT2D eigenvalue weighted by atomic mass is 9.96. The van der Waals surface area contributed by atoms with Gasteiger partial charge in [0.25, 0.3) is 0 Å². The summed E-state index contributed by atoms with van der Waals surface area (Å²) in [7, 11) is 0. The van der Waals surface area contributed by atoms with Crippen molar-refractivity contribution in [3.05, 3.63) is 60.2 Å². The van der Waals surface area contributed by atoms with Gasteiger partial charge >= 0.3 is 0 Å². The average molecular weight is 336 g/mol. The highest BCUT2D eigenvalue weighted by molar-refractivity contribution is 5.79. The third kappa shape index (κ3) is 3.93. The van der Waals surface area contributed by atoms with E-state index in [2.05, 4.69) is 55.5 Å². The Kier molecular flexibility index (Phi) is 5.54. The monoisotopic (exact) mass is 336 g/mol. The van der Waals surface area contributed by atoms with Crippen molar-refractivity contribution in [1.29, 1.82) is 0 Å². The average Bonchev–Trinajstić information content (AvgIpc) is 3.02. The van der Waals surface area contributed by atoms with Gasteiger partial charge in [-0.3, -0.25) is 4.79 Å². The summed E-state index contributed by atoms with van der Waals surface area (Å²) in [6.07, 6.45) is 2.59. The summed E-state index contributed by atoms with van der Waals surface area (Å²) in [6.45, 7) is 4.86. The highest BCUT2D eigenvalue weighted by atomic mass is 16.2. The van der Waals surface area contributed by atoms with Crippen LogP contribution >= 0.6 is 0 Å². The predicted octanol–water partition coefficient (Wildman–Crippen LogP) is 3.87. The molecule has 25 heavy (non-hydrogen) atoms. The van der Waals surface area contributed by atoms with Crippen LogP contribution in [0.1, 0.15) is 32.3 Å². The standard InChI is InChI=1S/C22H28N2O/c1-3-16(2)22(25)24-13-12-20(23)21(24)15-17-8-7-11-19(14-17)18-9-5-4-6-10-18/h4-11,14,16,20-21H,3,12-13,15,23H2,1-2H3/t16-,20?,21?/m0/s1. The fourth-order valence-corrected chi connectivity index (χ4v) is 3.62. The van der Waals surface area contributed by atoms with Crippen LogP contribution in [0.25, 0.3) is 11.1 Å². The minimum Gasteiger partial charge on any atom is -0.338 e. The molecule has 1 aliphatic rings. The molecule has 2 unspecified atom stereocenters. The number of amides is 1. The van der Waals surface area contributed by atoms with Crippen LogP contribution in [0.2, 0.25) is 0 Å². The maximum atomic E-state index is 12.7. The first kappa shape index (κ1) is 17.7. The van der Waals surface area contributed by atoms with Gasteiger partial charge < -0.3 is 10.6 Å². The maximum absolute atomic E-state index is 12.7. The van der Waals surface area contributed by atoms with Crippen molar-refractivity contribution in [1.82, 2.24) is 4.90 Å². The second-order valence-corrected chi connectivity index (χ2v) is 7.13. The van der Waals surface area contributed by atoms with E-state index < -0.39 is 0 Å². The quantitative estimate of drug-likeness (QED) is 0.901. The molecule has 132 valence electrons. The van der Waals surface area contributed by atoms with Crippen molar-refractivity contribution in [2.75, 3.05) is 6.54 Å². The lowest BCUT2D eigenvalue weighted by Gasteiger charge is -2.29. The van der Waals surface area contributed by atoms with E-state index >= 15 is 0 Å². The van der Waals surface area contributed by atoms with Crippen LogP contribution in [0.5, 0.6) is 0 Å². The molecule has 2 N–H and O–H groups in total. The van der Waals surface area contributed by atoms with E-state index in [4.69, 9.17) is 5.73 Å². The molecule has 1 fully saturated rings. The van der Waals surface area contributed by atoms with Crippen LogP contribution < -0.4 is 5.73 Å². The van der Waals surface area contributed by atoms with Gasteiger partial charge in [0.15, 0.2) is 0 Å². The Morgan fingerprint density at radius 1 is 1.16 bits per heavy atom. The van der Waals surface area contributed by atoms with Gasteiger partial charge in [0.1, 0.15) is 0 Å². The number of rotatable bonds is 5. The zero-order valence-electron chi connectivity index (χ0n) is 15.2. The second kappa shape index (κ2) is 7.83. The number of hydrogen-bond donors (Lipinski definition) is 1. The molecule has 0 bridgehead atoms. The molecule has 0 spiro atoms.